The first-order valence-electron chi connectivity index (χ1n) is 4.25. The highest BCUT2D eigenvalue weighted by molar-refractivity contribution is 8.06. The zero-order valence-electron chi connectivity index (χ0n) is 6.84. The monoisotopic (exact) mass is 167 g/mol. The lowest BCUT2D eigenvalue weighted by Crippen LogP contribution is -2.13. The fraction of sp³-hybridized carbons (Fsp3) is 0.556. The Kier molecular flexibility index (Phi) is 1.95. The van der Waals surface area contributed by atoms with E-state index in [0.717, 1.165) is 0 Å². The van der Waals surface area contributed by atoms with Crippen LogP contribution in [-0.4, -0.2) is 11.4 Å². The molecule has 0 spiro atoms. The first-order valence-corrected chi connectivity index (χ1v) is 5.13. The summed E-state index contributed by atoms with van der Waals surface area (Å²) in [4.78, 5) is 2.45. The summed E-state index contributed by atoms with van der Waals surface area (Å²) in [5.74, 6) is 0. The van der Waals surface area contributed by atoms with Gasteiger partial charge in [0.15, 0.2) is 0 Å². The maximum atomic E-state index is 2.45. The molecule has 0 fully saturated rings. The highest BCUT2D eigenvalue weighted by atomic mass is 32.2. The summed E-state index contributed by atoms with van der Waals surface area (Å²) in [6.45, 7) is 3.46. The summed E-state index contributed by atoms with van der Waals surface area (Å²) in [6.07, 6.45) is 6.08. The third-order valence-electron chi connectivity index (χ3n) is 2.11. The molecule has 2 heterocycles. The minimum absolute atomic E-state index is 1.22. The van der Waals surface area contributed by atoms with Crippen LogP contribution in [0, 0.1) is 0 Å². The summed E-state index contributed by atoms with van der Waals surface area (Å²) in [6, 6.07) is 0. The molecule has 0 radical (unpaired) electrons. The molecule has 0 bridgehead atoms. The van der Waals surface area contributed by atoms with Crippen LogP contribution in [0.4, 0.5) is 0 Å². The number of nitrogens with zero attached hydrogens (tertiary/aromatic N) is 1. The van der Waals surface area contributed by atoms with Crippen LogP contribution in [0.5, 0.6) is 0 Å². The van der Waals surface area contributed by atoms with Gasteiger partial charge in [-0.1, -0.05) is 31.2 Å². The first-order chi connectivity index (χ1) is 5.42. The van der Waals surface area contributed by atoms with Crippen LogP contribution in [0.25, 0.3) is 0 Å². The van der Waals surface area contributed by atoms with E-state index in [1.807, 2.05) is 11.8 Å². The Hall–Kier alpha value is -0.370. The number of fused-ring (bicyclic) bond motifs is 1. The minimum atomic E-state index is 1.22. The summed E-state index contributed by atoms with van der Waals surface area (Å²) >= 11 is 1.89. The van der Waals surface area contributed by atoms with E-state index in [-0.39, 0.29) is 0 Å². The van der Waals surface area contributed by atoms with E-state index < -0.39 is 0 Å². The Bertz CT molecular complexity index is 218. The minimum Gasteiger partial charge on any atom is -0.339 e. The van der Waals surface area contributed by atoms with Crippen LogP contribution in [-0.2, 0) is 0 Å². The zero-order valence-corrected chi connectivity index (χ0v) is 7.66. The molecule has 2 aliphatic rings. The molecule has 60 valence electrons. The molecular weight excluding hydrogens is 154 g/mol. The van der Waals surface area contributed by atoms with Gasteiger partial charge in [-0.3, -0.25) is 0 Å². The van der Waals surface area contributed by atoms with Crippen molar-refractivity contribution in [1.82, 2.24) is 4.90 Å². The zero-order chi connectivity index (χ0) is 7.68. The quantitative estimate of drug-likeness (QED) is 0.622. The molecule has 0 amide bonds. The second-order valence-corrected chi connectivity index (χ2v) is 3.85. The topological polar surface area (TPSA) is 3.24 Å². The molecule has 2 rings (SSSR count). The number of hydrogen-bond donors (Lipinski definition) is 0. The number of hydrogen-bond acceptors (Lipinski definition) is 2. The molecule has 2 aliphatic heterocycles. The second-order valence-electron chi connectivity index (χ2n) is 2.96. The van der Waals surface area contributed by atoms with Crippen LogP contribution in [0.2, 0.25) is 0 Å². The number of allylic oxidation sites excluding steroid dienone is 1. The van der Waals surface area contributed by atoms with Gasteiger partial charge >= 0.3 is 0 Å². The summed E-state index contributed by atoms with van der Waals surface area (Å²) in [5.41, 5.74) is 1.53. The molecule has 0 aromatic heterocycles. The van der Waals surface area contributed by atoms with Crippen molar-refractivity contribution in [2.24, 2.45) is 0 Å². The van der Waals surface area contributed by atoms with Gasteiger partial charge in [-0.25, -0.2) is 0 Å². The van der Waals surface area contributed by atoms with Crippen LogP contribution >= 0.6 is 11.8 Å². The molecule has 0 aromatic rings. The van der Waals surface area contributed by atoms with Crippen molar-refractivity contribution in [3.63, 3.8) is 0 Å². The summed E-state index contributed by atoms with van der Waals surface area (Å²) in [7, 11) is 0. The van der Waals surface area contributed by atoms with E-state index in [0.29, 0.717) is 0 Å². The molecule has 11 heavy (non-hydrogen) atoms. The molecule has 0 aliphatic carbocycles. The molecule has 2 heteroatoms. The molecular formula is C9H13NS. The molecule has 0 unspecified atom stereocenters. The van der Waals surface area contributed by atoms with Gasteiger partial charge in [0.1, 0.15) is 0 Å². The van der Waals surface area contributed by atoms with Crippen LogP contribution in [0.3, 0.4) is 0 Å². The van der Waals surface area contributed by atoms with Crippen molar-refractivity contribution in [3.8, 4) is 0 Å². The molecule has 0 saturated heterocycles. The van der Waals surface area contributed by atoms with Crippen molar-refractivity contribution in [2.45, 2.75) is 26.2 Å². The lowest BCUT2D eigenvalue weighted by atomic mass is 10.2. The second kappa shape index (κ2) is 2.94. The largest absolute Gasteiger partial charge is 0.339 e. The number of thioether (sulfide) groups is 1. The number of rotatable bonds is 2. The molecule has 1 nitrogen and oxygen atoms in total. The smallest absolute Gasteiger partial charge is 0.0753 e. The normalized spacial score (nSPS) is 21.7. The Morgan fingerprint density at radius 2 is 2.55 bits per heavy atom. The predicted molar refractivity (Wildman–Crippen MR) is 50.0 cm³/mol. The maximum Gasteiger partial charge on any atom is 0.0753 e. The van der Waals surface area contributed by atoms with Crippen molar-refractivity contribution < 1.29 is 0 Å². The van der Waals surface area contributed by atoms with Gasteiger partial charge < -0.3 is 4.90 Å². The van der Waals surface area contributed by atoms with Crippen LogP contribution in [0.1, 0.15) is 26.2 Å². The lowest BCUT2D eigenvalue weighted by Gasteiger charge is -2.17. The summed E-state index contributed by atoms with van der Waals surface area (Å²) in [5, 5.41) is 3.77. The van der Waals surface area contributed by atoms with Gasteiger partial charge in [0.05, 0.1) is 5.03 Å². The Balaban J connectivity index is 2.07. The average Bonchev–Trinajstić information content (AvgIpc) is 2.53. The summed E-state index contributed by atoms with van der Waals surface area (Å²) < 4.78 is 0. The Labute approximate surface area is 72.2 Å². The van der Waals surface area contributed by atoms with Gasteiger partial charge in [0.2, 0.25) is 0 Å². The van der Waals surface area contributed by atoms with E-state index in [1.165, 1.54) is 36.5 Å². The molecule has 0 saturated carbocycles. The standard InChI is InChI=1S/C9H13NS/c1-2-4-8-7-11-9-5-3-6-10(8)9/h5,7H,2-4,6H2,1H3. The molecule has 0 atom stereocenters. The first kappa shape index (κ1) is 7.29. The van der Waals surface area contributed by atoms with E-state index >= 15 is 0 Å². The van der Waals surface area contributed by atoms with E-state index in [9.17, 15) is 0 Å². The highest BCUT2D eigenvalue weighted by Crippen LogP contribution is 2.39. The molecule has 0 N–H and O–H groups in total. The fourth-order valence-corrected chi connectivity index (χ4v) is 2.63. The predicted octanol–water partition coefficient (Wildman–Crippen LogP) is 2.92. The third kappa shape index (κ3) is 1.20. The van der Waals surface area contributed by atoms with E-state index in [2.05, 4.69) is 23.3 Å². The SMILES string of the molecule is CCCC1=CSC2=CCCN12. The Morgan fingerprint density at radius 1 is 1.64 bits per heavy atom. The molecule has 0 aromatic carbocycles. The maximum absolute atomic E-state index is 2.45. The van der Waals surface area contributed by atoms with Gasteiger partial charge in [-0.05, 0) is 18.2 Å². The van der Waals surface area contributed by atoms with Gasteiger partial charge in [0.25, 0.3) is 0 Å². The van der Waals surface area contributed by atoms with E-state index in [1.54, 1.807) is 0 Å². The van der Waals surface area contributed by atoms with Gasteiger partial charge in [-0.2, -0.15) is 0 Å². The van der Waals surface area contributed by atoms with Crippen molar-refractivity contribution in [3.05, 3.63) is 22.2 Å². The Morgan fingerprint density at radius 3 is 3.36 bits per heavy atom. The van der Waals surface area contributed by atoms with Crippen LogP contribution < -0.4 is 0 Å². The lowest BCUT2D eigenvalue weighted by molar-refractivity contribution is 0.476. The highest BCUT2D eigenvalue weighted by Gasteiger charge is 2.22. The van der Waals surface area contributed by atoms with Crippen molar-refractivity contribution >= 4 is 11.8 Å². The van der Waals surface area contributed by atoms with Crippen LogP contribution in [0.15, 0.2) is 22.2 Å². The third-order valence-corrected chi connectivity index (χ3v) is 3.12. The fourth-order valence-electron chi connectivity index (χ4n) is 1.58. The average molecular weight is 167 g/mol. The van der Waals surface area contributed by atoms with E-state index in [4.69, 9.17) is 0 Å². The van der Waals surface area contributed by atoms with Crippen molar-refractivity contribution in [2.75, 3.05) is 6.54 Å². The van der Waals surface area contributed by atoms with Gasteiger partial charge in [0, 0.05) is 12.2 Å². The van der Waals surface area contributed by atoms with Gasteiger partial charge in [-0.15, -0.1) is 0 Å². The van der Waals surface area contributed by atoms with Crippen molar-refractivity contribution in [1.29, 1.82) is 0 Å².